The molecule has 0 saturated carbocycles. The maximum absolute atomic E-state index is 11.8. The summed E-state index contributed by atoms with van der Waals surface area (Å²) >= 11 is 0. The molecule has 0 aromatic rings. The van der Waals surface area contributed by atoms with Crippen molar-refractivity contribution in [1.82, 2.24) is 10.6 Å². The van der Waals surface area contributed by atoms with Gasteiger partial charge in [0.25, 0.3) is 0 Å². The van der Waals surface area contributed by atoms with Crippen LogP contribution in [0.5, 0.6) is 0 Å². The molecule has 5 atom stereocenters. The molecule has 0 bridgehead atoms. The Morgan fingerprint density at radius 3 is 2.03 bits per heavy atom. The number of rotatable bonds is 20. The summed E-state index contributed by atoms with van der Waals surface area (Å²) in [6.07, 6.45) is -4.00. The molecule has 13 nitrogen and oxygen atoms in total. The summed E-state index contributed by atoms with van der Waals surface area (Å²) in [6, 6.07) is -0.670. The van der Waals surface area contributed by atoms with Crippen molar-refractivity contribution < 1.29 is 48.5 Å². The number of aliphatic hydroxyl groups is 3. The molecule has 33 heavy (non-hydrogen) atoms. The molecular formula is C20H41N3O10. The quantitative estimate of drug-likeness (QED) is 0.0944. The van der Waals surface area contributed by atoms with Gasteiger partial charge in [-0.3, -0.25) is 4.79 Å². The molecule has 1 aliphatic heterocycles. The summed E-state index contributed by atoms with van der Waals surface area (Å²) in [6.45, 7) is 3.92. The van der Waals surface area contributed by atoms with E-state index in [0.29, 0.717) is 52.8 Å². The van der Waals surface area contributed by atoms with E-state index >= 15 is 0 Å². The fraction of sp³-hybridized carbons (Fsp3) is 0.950. The van der Waals surface area contributed by atoms with Crippen LogP contribution in [0.2, 0.25) is 0 Å². The lowest BCUT2D eigenvalue weighted by Gasteiger charge is -2.41. The number of nitrogens with one attached hydrogen (secondary N) is 2. The summed E-state index contributed by atoms with van der Waals surface area (Å²) in [7, 11) is 1.60. The van der Waals surface area contributed by atoms with E-state index in [-0.39, 0.29) is 32.1 Å². The van der Waals surface area contributed by atoms with Gasteiger partial charge in [-0.25, -0.2) is 0 Å². The monoisotopic (exact) mass is 483 g/mol. The smallest absolute Gasteiger partial charge is 0.222 e. The fourth-order valence-electron chi connectivity index (χ4n) is 3.00. The first kappa shape index (κ1) is 30.1. The zero-order valence-corrected chi connectivity index (χ0v) is 19.4. The van der Waals surface area contributed by atoms with Gasteiger partial charge in [0.15, 0.2) is 6.29 Å². The molecule has 1 amide bonds. The standard InChI is InChI=1S/C20H41N3O10/c1-22-17-19(27)18(26)15(14-24)33-20(17)32-7-4-23-16(25)2-5-28-8-10-30-12-13-31-11-9-29-6-3-21/h15,17-20,22,24,26-27H,2-14,21H2,1H3,(H,23,25). The Morgan fingerprint density at radius 2 is 1.48 bits per heavy atom. The highest BCUT2D eigenvalue weighted by Crippen LogP contribution is 2.21. The van der Waals surface area contributed by atoms with Crippen molar-refractivity contribution >= 4 is 5.91 Å². The van der Waals surface area contributed by atoms with Gasteiger partial charge in [-0.15, -0.1) is 0 Å². The molecule has 5 unspecified atom stereocenters. The van der Waals surface area contributed by atoms with Crippen LogP contribution in [-0.4, -0.2) is 138 Å². The number of carbonyl (C=O) groups is 1. The number of nitrogens with two attached hydrogens (primary N) is 1. The molecule has 0 aromatic heterocycles. The second-order valence-electron chi connectivity index (χ2n) is 7.23. The molecule has 1 fully saturated rings. The molecule has 1 heterocycles. The molecule has 0 aliphatic carbocycles. The van der Waals surface area contributed by atoms with E-state index in [9.17, 15) is 20.1 Å². The summed E-state index contributed by atoms with van der Waals surface area (Å²) in [5.74, 6) is -0.191. The van der Waals surface area contributed by atoms with Crippen LogP contribution in [0.15, 0.2) is 0 Å². The maximum atomic E-state index is 11.8. The lowest BCUT2D eigenvalue weighted by atomic mass is 9.97. The van der Waals surface area contributed by atoms with E-state index in [4.69, 9.17) is 34.2 Å². The Bertz CT molecular complexity index is 491. The van der Waals surface area contributed by atoms with Crippen molar-refractivity contribution in [2.45, 2.75) is 37.1 Å². The van der Waals surface area contributed by atoms with Gasteiger partial charge in [-0.05, 0) is 7.05 Å². The number of carbonyl (C=O) groups excluding carboxylic acids is 1. The summed E-state index contributed by atoms with van der Waals surface area (Å²) in [5, 5.41) is 34.8. The van der Waals surface area contributed by atoms with Gasteiger partial charge in [-0.1, -0.05) is 0 Å². The molecule has 0 spiro atoms. The van der Waals surface area contributed by atoms with E-state index in [1.54, 1.807) is 7.05 Å². The van der Waals surface area contributed by atoms with E-state index in [1.807, 2.05) is 0 Å². The number of amides is 1. The average molecular weight is 484 g/mol. The first-order valence-corrected chi connectivity index (χ1v) is 11.2. The van der Waals surface area contributed by atoms with Gasteiger partial charge in [0.1, 0.15) is 18.3 Å². The van der Waals surface area contributed by atoms with Crippen LogP contribution in [0, 0.1) is 0 Å². The second kappa shape index (κ2) is 19.3. The minimum absolute atomic E-state index is 0.130. The van der Waals surface area contributed by atoms with E-state index < -0.39 is 37.3 Å². The summed E-state index contributed by atoms with van der Waals surface area (Å²) in [4.78, 5) is 11.8. The molecule has 1 saturated heterocycles. The van der Waals surface area contributed by atoms with Crippen molar-refractivity contribution in [2.75, 3.05) is 86.2 Å². The zero-order chi connectivity index (χ0) is 24.3. The van der Waals surface area contributed by atoms with Crippen LogP contribution in [0.4, 0.5) is 0 Å². The zero-order valence-electron chi connectivity index (χ0n) is 19.4. The maximum Gasteiger partial charge on any atom is 0.222 e. The molecular weight excluding hydrogens is 442 g/mol. The highest BCUT2D eigenvalue weighted by molar-refractivity contribution is 5.75. The van der Waals surface area contributed by atoms with Crippen molar-refractivity contribution in [3.63, 3.8) is 0 Å². The lowest BCUT2D eigenvalue weighted by Crippen LogP contribution is -2.63. The van der Waals surface area contributed by atoms with Crippen molar-refractivity contribution in [1.29, 1.82) is 0 Å². The van der Waals surface area contributed by atoms with Crippen LogP contribution in [0.25, 0.3) is 0 Å². The Morgan fingerprint density at radius 1 is 0.909 bits per heavy atom. The molecule has 196 valence electrons. The van der Waals surface area contributed by atoms with Crippen LogP contribution in [0.3, 0.4) is 0 Å². The minimum Gasteiger partial charge on any atom is -0.394 e. The molecule has 1 rings (SSSR count). The number of aliphatic hydroxyl groups excluding tert-OH is 3. The van der Waals surface area contributed by atoms with Crippen molar-refractivity contribution in [2.24, 2.45) is 5.73 Å². The number of likely N-dealkylation sites (N-methyl/N-ethyl adjacent to an activating group) is 1. The SMILES string of the molecule is CNC1C(OCCNC(=O)CCOCCOCCOCCOCCN)OC(CO)C(O)C1O. The number of hydrogen-bond acceptors (Lipinski definition) is 12. The van der Waals surface area contributed by atoms with Crippen LogP contribution in [0.1, 0.15) is 6.42 Å². The highest BCUT2D eigenvalue weighted by Gasteiger charge is 2.44. The Kier molecular flexibility index (Phi) is 17.6. The van der Waals surface area contributed by atoms with Crippen molar-refractivity contribution in [3.05, 3.63) is 0 Å². The third-order valence-corrected chi connectivity index (χ3v) is 4.77. The highest BCUT2D eigenvalue weighted by atomic mass is 16.7. The van der Waals surface area contributed by atoms with Crippen LogP contribution >= 0.6 is 0 Å². The predicted molar refractivity (Wildman–Crippen MR) is 117 cm³/mol. The van der Waals surface area contributed by atoms with Gasteiger partial charge < -0.3 is 60.1 Å². The average Bonchev–Trinajstić information content (AvgIpc) is 2.81. The molecule has 0 radical (unpaired) electrons. The molecule has 13 heteroatoms. The van der Waals surface area contributed by atoms with Crippen LogP contribution < -0.4 is 16.4 Å². The topological polar surface area (TPSA) is 183 Å². The number of hydrogen-bond donors (Lipinski definition) is 6. The largest absolute Gasteiger partial charge is 0.394 e. The number of ether oxygens (including phenoxy) is 6. The third-order valence-electron chi connectivity index (χ3n) is 4.77. The van der Waals surface area contributed by atoms with Gasteiger partial charge in [-0.2, -0.15) is 0 Å². The summed E-state index contributed by atoms with van der Waals surface area (Å²) in [5.41, 5.74) is 5.30. The van der Waals surface area contributed by atoms with Gasteiger partial charge in [0.05, 0.1) is 72.1 Å². The third kappa shape index (κ3) is 12.9. The molecule has 1 aliphatic rings. The minimum atomic E-state index is -1.22. The Hall–Kier alpha value is -0.970. The first-order chi connectivity index (χ1) is 16.0. The first-order valence-electron chi connectivity index (χ1n) is 11.2. The van der Waals surface area contributed by atoms with Crippen molar-refractivity contribution in [3.8, 4) is 0 Å². The molecule has 7 N–H and O–H groups in total. The van der Waals surface area contributed by atoms with Crippen LogP contribution in [-0.2, 0) is 33.2 Å². The molecule has 0 aromatic carbocycles. The van der Waals surface area contributed by atoms with E-state index in [1.165, 1.54) is 0 Å². The summed E-state index contributed by atoms with van der Waals surface area (Å²) < 4.78 is 32.2. The van der Waals surface area contributed by atoms with E-state index in [2.05, 4.69) is 10.6 Å². The fourth-order valence-corrected chi connectivity index (χ4v) is 3.00. The van der Waals surface area contributed by atoms with Gasteiger partial charge >= 0.3 is 0 Å². The van der Waals surface area contributed by atoms with E-state index in [0.717, 1.165) is 0 Å². The second-order valence-corrected chi connectivity index (χ2v) is 7.23. The van der Waals surface area contributed by atoms with Gasteiger partial charge in [0.2, 0.25) is 5.91 Å². The van der Waals surface area contributed by atoms with Gasteiger partial charge in [0, 0.05) is 19.5 Å². The lowest BCUT2D eigenvalue weighted by molar-refractivity contribution is -0.269. The Labute approximate surface area is 194 Å². The predicted octanol–water partition coefficient (Wildman–Crippen LogP) is -3.44. The Balaban J connectivity index is 1.98. The normalized spacial score (nSPS) is 25.3.